The van der Waals surface area contributed by atoms with Crippen LogP contribution in [0.2, 0.25) is 0 Å². The second-order valence-electron chi connectivity index (χ2n) is 10.4. The maximum atomic E-state index is 5.90. The monoisotopic (exact) mass is 523 g/mol. The summed E-state index contributed by atoms with van der Waals surface area (Å²) in [4.78, 5) is 7.91. The fourth-order valence-corrected chi connectivity index (χ4v) is 4.93. The van der Waals surface area contributed by atoms with Gasteiger partial charge in [-0.1, -0.05) is 113 Å². The second kappa shape index (κ2) is 15.3. The first-order valence-electron chi connectivity index (χ1n) is 14.9. The third-order valence-corrected chi connectivity index (χ3v) is 7.18. The van der Waals surface area contributed by atoms with Gasteiger partial charge in [0, 0.05) is 30.8 Å². The Kier molecular flexibility index (Phi) is 11.2. The summed E-state index contributed by atoms with van der Waals surface area (Å²) in [7, 11) is 0. The lowest BCUT2D eigenvalue weighted by atomic mass is 10.1. The maximum absolute atomic E-state index is 5.90. The molecular weight excluding hydrogens is 478 g/mol. The Morgan fingerprint density at radius 2 is 1.33 bits per heavy atom. The van der Waals surface area contributed by atoms with Crippen LogP contribution in [0.25, 0.3) is 22.6 Å². The van der Waals surface area contributed by atoms with Crippen LogP contribution in [0.5, 0.6) is 5.75 Å². The molecule has 0 unspecified atom stereocenters. The molecule has 0 radical (unpaired) electrons. The van der Waals surface area contributed by atoms with Gasteiger partial charge >= 0.3 is 0 Å². The summed E-state index contributed by atoms with van der Waals surface area (Å²) in [5, 5.41) is 0. The van der Waals surface area contributed by atoms with Crippen molar-refractivity contribution in [3.05, 3.63) is 96.2 Å². The molecular formula is C35H45N3O. The number of hydrogen-bond acceptors (Lipinski definition) is 3. The Hall–Kier alpha value is -3.37. The molecule has 4 nitrogen and oxygen atoms in total. The summed E-state index contributed by atoms with van der Waals surface area (Å²) < 4.78 is 8.40. The third-order valence-electron chi connectivity index (χ3n) is 7.18. The van der Waals surface area contributed by atoms with Gasteiger partial charge < -0.3 is 9.30 Å². The van der Waals surface area contributed by atoms with Gasteiger partial charge in [-0.3, -0.25) is 4.90 Å². The van der Waals surface area contributed by atoms with Crippen molar-refractivity contribution in [2.75, 3.05) is 13.2 Å². The summed E-state index contributed by atoms with van der Waals surface area (Å²) in [5.41, 5.74) is 6.09. The Bertz CT molecular complexity index is 1230. The Morgan fingerprint density at radius 3 is 1.97 bits per heavy atom. The molecule has 0 bridgehead atoms. The van der Waals surface area contributed by atoms with Gasteiger partial charge in [0.1, 0.15) is 11.6 Å². The van der Waals surface area contributed by atoms with Gasteiger partial charge in [-0.05, 0) is 43.5 Å². The minimum Gasteiger partial charge on any atom is -0.494 e. The van der Waals surface area contributed by atoms with Gasteiger partial charge in [0.25, 0.3) is 0 Å². The standard InChI is InChI=1S/C35H45N3O/c1-4-7-24-37(27-29-20-22-32(23-21-29)39-26-9-6-3)28-33-34(30-16-12-10-13-17-30)36-35(38(33)25-8-5-2)31-18-14-11-15-19-31/h10-23H,4-9,24-28H2,1-3H3. The Balaban J connectivity index is 1.68. The molecule has 0 aliphatic heterocycles. The van der Waals surface area contributed by atoms with E-state index in [0.29, 0.717) is 0 Å². The van der Waals surface area contributed by atoms with Crippen LogP contribution in [0.1, 0.15) is 70.6 Å². The summed E-state index contributed by atoms with van der Waals surface area (Å²) in [5.74, 6) is 2.03. The van der Waals surface area contributed by atoms with Crippen molar-refractivity contribution in [3.8, 4) is 28.4 Å². The predicted octanol–water partition coefficient (Wildman–Crippen LogP) is 9.00. The van der Waals surface area contributed by atoms with E-state index in [9.17, 15) is 0 Å². The SMILES string of the molecule is CCCCOc1ccc(CN(CCCC)Cc2c(-c3ccccc3)nc(-c3ccccc3)n2CCCC)cc1. The zero-order valence-corrected chi connectivity index (χ0v) is 24.1. The number of rotatable bonds is 16. The van der Waals surface area contributed by atoms with Crippen LogP contribution in [0, 0.1) is 0 Å². The van der Waals surface area contributed by atoms with Crippen LogP contribution >= 0.6 is 0 Å². The van der Waals surface area contributed by atoms with E-state index in [2.05, 4.69) is 115 Å². The van der Waals surface area contributed by atoms with E-state index in [1.54, 1.807) is 0 Å². The van der Waals surface area contributed by atoms with Gasteiger partial charge in [0.15, 0.2) is 0 Å². The number of unbranched alkanes of at least 4 members (excludes halogenated alkanes) is 3. The van der Waals surface area contributed by atoms with Gasteiger partial charge in [0.2, 0.25) is 0 Å². The molecule has 206 valence electrons. The van der Waals surface area contributed by atoms with Crippen LogP contribution in [0.4, 0.5) is 0 Å². The molecule has 1 heterocycles. The normalized spacial score (nSPS) is 11.3. The maximum Gasteiger partial charge on any atom is 0.140 e. The van der Waals surface area contributed by atoms with Crippen LogP contribution < -0.4 is 4.74 Å². The van der Waals surface area contributed by atoms with E-state index in [1.807, 2.05) is 0 Å². The highest BCUT2D eigenvalue weighted by Crippen LogP contribution is 2.31. The van der Waals surface area contributed by atoms with Crippen LogP contribution in [0.3, 0.4) is 0 Å². The minimum absolute atomic E-state index is 0.784. The van der Waals surface area contributed by atoms with E-state index in [-0.39, 0.29) is 0 Å². The first-order valence-corrected chi connectivity index (χ1v) is 14.9. The Morgan fingerprint density at radius 1 is 0.692 bits per heavy atom. The number of nitrogens with zero attached hydrogens (tertiary/aromatic N) is 3. The summed E-state index contributed by atoms with van der Waals surface area (Å²) in [6, 6.07) is 30.1. The summed E-state index contributed by atoms with van der Waals surface area (Å²) in [6.07, 6.45) is 6.87. The molecule has 4 heteroatoms. The number of ether oxygens (including phenoxy) is 1. The molecule has 0 saturated carbocycles. The number of hydrogen-bond donors (Lipinski definition) is 0. The zero-order chi connectivity index (χ0) is 27.3. The first-order chi connectivity index (χ1) is 19.2. The average Bonchev–Trinajstić information content (AvgIpc) is 3.34. The van der Waals surface area contributed by atoms with Crippen molar-refractivity contribution in [3.63, 3.8) is 0 Å². The molecule has 3 aromatic carbocycles. The minimum atomic E-state index is 0.784. The third kappa shape index (κ3) is 8.06. The van der Waals surface area contributed by atoms with Crippen molar-refractivity contribution in [2.45, 2.75) is 78.9 Å². The van der Waals surface area contributed by atoms with Crippen LogP contribution in [-0.2, 0) is 19.6 Å². The molecule has 0 saturated heterocycles. The molecule has 4 aromatic rings. The zero-order valence-electron chi connectivity index (χ0n) is 24.1. The highest BCUT2D eigenvalue weighted by atomic mass is 16.5. The van der Waals surface area contributed by atoms with Crippen molar-refractivity contribution >= 4 is 0 Å². The topological polar surface area (TPSA) is 30.3 Å². The van der Waals surface area contributed by atoms with Crippen molar-refractivity contribution in [1.29, 1.82) is 0 Å². The van der Waals surface area contributed by atoms with Gasteiger partial charge in [0.05, 0.1) is 18.0 Å². The molecule has 0 aliphatic rings. The molecule has 0 N–H and O–H groups in total. The summed E-state index contributed by atoms with van der Waals surface area (Å²) in [6.45, 7) is 11.3. The molecule has 1 aromatic heterocycles. The smallest absolute Gasteiger partial charge is 0.140 e. The van der Waals surface area contributed by atoms with E-state index in [1.165, 1.54) is 35.2 Å². The highest BCUT2D eigenvalue weighted by molar-refractivity contribution is 5.68. The lowest BCUT2D eigenvalue weighted by Gasteiger charge is -2.24. The molecule has 4 rings (SSSR count). The van der Waals surface area contributed by atoms with E-state index < -0.39 is 0 Å². The molecule has 0 amide bonds. The van der Waals surface area contributed by atoms with E-state index in [4.69, 9.17) is 9.72 Å². The molecule has 0 spiro atoms. The lowest BCUT2D eigenvalue weighted by Crippen LogP contribution is -2.26. The van der Waals surface area contributed by atoms with Crippen molar-refractivity contribution < 1.29 is 4.74 Å². The molecule has 0 atom stereocenters. The second-order valence-corrected chi connectivity index (χ2v) is 10.4. The van der Waals surface area contributed by atoms with Gasteiger partial charge in [-0.15, -0.1) is 0 Å². The highest BCUT2D eigenvalue weighted by Gasteiger charge is 2.21. The number of aromatic nitrogens is 2. The quantitative estimate of drug-likeness (QED) is 0.137. The Labute approximate surface area is 235 Å². The molecule has 0 aliphatic carbocycles. The van der Waals surface area contributed by atoms with Crippen molar-refractivity contribution in [2.24, 2.45) is 0 Å². The predicted molar refractivity (Wildman–Crippen MR) is 164 cm³/mol. The van der Waals surface area contributed by atoms with Gasteiger partial charge in [-0.25, -0.2) is 4.98 Å². The first kappa shape index (κ1) is 28.6. The number of benzene rings is 3. The van der Waals surface area contributed by atoms with E-state index >= 15 is 0 Å². The fourth-order valence-electron chi connectivity index (χ4n) is 4.93. The molecule has 0 fully saturated rings. The average molecular weight is 524 g/mol. The van der Waals surface area contributed by atoms with Crippen LogP contribution in [0.15, 0.2) is 84.9 Å². The lowest BCUT2D eigenvalue weighted by molar-refractivity contribution is 0.246. The fraction of sp³-hybridized carbons (Fsp3) is 0.400. The largest absolute Gasteiger partial charge is 0.494 e. The van der Waals surface area contributed by atoms with Gasteiger partial charge in [-0.2, -0.15) is 0 Å². The van der Waals surface area contributed by atoms with E-state index in [0.717, 1.165) is 75.7 Å². The summed E-state index contributed by atoms with van der Waals surface area (Å²) >= 11 is 0. The van der Waals surface area contributed by atoms with Crippen LogP contribution in [-0.4, -0.2) is 27.6 Å². The molecule has 39 heavy (non-hydrogen) atoms. The van der Waals surface area contributed by atoms with Crippen molar-refractivity contribution in [1.82, 2.24) is 14.5 Å². The number of imidazole rings is 1.